The van der Waals surface area contributed by atoms with Crippen LogP contribution < -0.4 is 10.6 Å². The predicted octanol–water partition coefficient (Wildman–Crippen LogP) is 4.36. The van der Waals surface area contributed by atoms with Gasteiger partial charge in [0, 0.05) is 35.0 Å². The van der Waals surface area contributed by atoms with Crippen molar-refractivity contribution >= 4 is 50.7 Å². The molecular weight excluding hydrogens is 492 g/mol. The molecule has 3 aromatic rings. The van der Waals surface area contributed by atoms with E-state index in [0.717, 1.165) is 11.0 Å². The van der Waals surface area contributed by atoms with Crippen LogP contribution in [0.4, 0.5) is 10.2 Å². The van der Waals surface area contributed by atoms with Crippen molar-refractivity contribution in [1.29, 1.82) is 0 Å². The van der Waals surface area contributed by atoms with Gasteiger partial charge in [0.2, 0.25) is 5.91 Å². The van der Waals surface area contributed by atoms with Gasteiger partial charge in [-0.2, -0.15) is 0 Å². The van der Waals surface area contributed by atoms with Gasteiger partial charge in [0.05, 0.1) is 16.3 Å². The normalized spacial score (nSPS) is 11.3. The summed E-state index contributed by atoms with van der Waals surface area (Å²) in [5.74, 6) is -2.92. The zero-order valence-corrected chi connectivity index (χ0v) is 19.8. The molecule has 0 aliphatic heterocycles. The summed E-state index contributed by atoms with van der Waals surface area (Å²) in [6.45, 7) is 1.43. The Balaban J connectivity index is 2.19. The molecule has 0 aliphatic carbocycles. The highest BCUT2D eigenvalue weighted by atomic mass is 35.5. The average molecular weight is 510 g/mol. The molecule has 0 aliphatic rings. The summed E-state index contributed by atoms with van der Waals surface area (Å²) in [6.07, 6.45) is 1.29. The van der Waals surface area contributed by atoms with Gasteiger partial charge >= 0.3 is 0 Å². The first kappa shape index (κ1) is 24.6. The maximum atomic E-state index is 14.3. The molecule has 2 aromatic carbocycles. The lowest BCUT2D eigenvalue weighted by atomic mass is 10.0. The fourth-order valence-electron chi connectivity index (χ4n) is 3.09. The maximum absolute atomic E-state index is 14.3. The molecular formula is C22H18Cl2FN3O4S. The van der Waals surface area contributed by atoms with Gasteiger partial charge in [-0.3, -0.25) is 14.5 Å². The summed E-state index contributed by atoms with van der Waals surface area (Å²) in [5, 5.41) is 0.107. The number of sulfone groups is 1. The molecule has 0 fully saturated rings. The second-order valence-corrected chi connectivity index (χ2v) is 10.0. The van der Waals surface area contributed by atoms with Gasteiger partial charge in [-0.1, -0.05) is 36.2 Å². The summed E-state index contributed by atoms with van der Waals surface area (Å²) < 4.78 is 40.0. The van der Waals surface area contributed by atoms with Gasteiger partial charge in [-0.05, 0) is 36.4 Å². The Bertz CT molecular complexity index is 1360. The standard InChI is InChI=1S/C22H18Cl2FN3O4S/c1-3-33(31,32)18-10-13(14-9-12(20(26)29)7-8-15(14)23)11-27-21(18)28(2)22(30)19-16(24)5-4-6-17(19)25/h4-11H,3H2,1-2H3,(H2,26,29). The highest BCUT2D eigenvalue weighted by Gasteiger charge is 2.28. The number of pyridine rings is 1. The van der Waals surface area contributed by atoms with Crippen LogP contribution in [0.3, 0.4) is 0 Å². The second kappa shape index (κ2) is 9.46. The van der Waals surface area contributed by atoms with Crippen molar-refractivity contribution in [2.24, 2.45) is 5.73 Å². The number of amides is 2. The summed E-state index contributed by atoms with van der Waals surface area (Å²) in [6, 6.07) is 9.36. The number of rotatable bonds is 6. The van der Waals surface area contributed by atoms with Crippen LogP contribution in [-0.4, -0.2) is 38.0 Å². The lowest BCUT2D eigenvalue weighted by Gasteiger charge is -2.21. The maximum Gasteiger partial charge on any atom is 0.263 e. The molecule has 2 N–H and O–H groups in total. The molecule has 172 valence electrons. The monoisotopic (exact) mass is 509 g/mol. The molecule has 0 radical (unpaired) electrons. The van der Waals surface area contributed by atoms with Gasteiger partial charge in [0.15, 0.2) is 15.7 Å². The van der Waals surface area contributed by atoms with Crippen molar-refractivity contribution in [3.8, 4) is 11.1 Å². The van der Waals surface area contributed by atoms with E-state index in [9.17, 15) is 22.4 Å². The Hall–Kier alpha value is -3.01. The minimum absolute atomic E-state index is 0.126. The number of carbonyl (C=O) groups excluding carboxylic acids is 2. The molecule has 0 bridgehead atoms. The summed E-state index contributed by atoms with van der Waals surface area (Å²) in [4.78, 5) is 29.4. The Morgan fingerprint density at radius 3 is 2.42 bits per heavy atom. The molecule has 7 nitrogen and oxygen atoms in total. The summed E-state index contributed by atoms with van der Waals surface area (Å²) in [5.41, 5.74) is 5.69. The number of hydrogen-bond donors (Lipinski definition) is 1. The van der Waals surface area contributed by atoms with E-state index in [1.165, 1.54) is 56.6 Å². The number of hydrogen-bond acceptors (Lipinski definition) is 5. The largest absolute Gasteiger partial charge is 0.366 e. The lowest BCUT2D eigenvalue weighted by molar-refractivity contribution is 0.0984. The molecule has 0 unspecified atom stereocenters. The Morgan fingerprint density at radius 2 is 1.82 bits per heavy atom. The molecule has 2 amide bonds. The van der Waals surface area contributed by atoms with Gasteiger partial charge in [0.25, 0.3) is 5.91 Å². The fraction of sp³-hybridized carbons (Fsp3) is 0.136. The van der Waals surface area contributed by atoms with Crippen LogP contribution >= 0.6 is 23.2 Å². The first-order valence-electron chi connectivity index (χ1n) is 9.52. The molecule has 33 heavy (non-hydrogen) atoms. The van der Waals surface area contributed by atoms with Gasteiger partial charge in [0.1, 0.15) is 10.7 Å². The van der Waals surface area contributed by atoms with Crippen LogP contribution in [0, 0.1) is 5.82 Å². The number of carbonyl (C=O) groups is 2. The zero-order chi connectivity index (χ0) is 24.5. The number of primary amides is 1. The summed E-state index contributed by atoms with van der Waals surface area (Å²) in [7, 11) is -2.63. The van der Waals surface area contributed by atoms with Crippen molar-refractivity contribution in [3.05, 3.63) is 75.7 Å². The van der Waals surface area contributed by atoms with Crippen molar-refractivity contribution < 1.29 is 22.4 Å². The third kappa shape index (κ3) is 4.85. The van der Waals surface area contributed by atoms with E-state index in [4.69, 9.17) is 28.9 Å². The fourth-order valence-corrected chi connectivity index (χ4v) is 4.64. The minimum atomic E-state index is -3.90. The topological polar surface area (TPSA) is 110 Å². The summed E-state index contributed by atoms with van der Waals surface area (Å²) >= 11 is 12.3. The third-order valence-corrected chi connectivity index (χ3v) is 7.28. The quantitative estimate of drug-likeness (QED) is 0.530. The highest BCUT2D eigenvalue weighted by Crippen LogP contribution is 2.34. The minimum Gasteiger partial charge on any atom is -0.366 e. The van der Waals surface area contributed by atoms with Crippen molar-refractivity contribution in [2.45, 2.75) is 11.8 Å². The average Bonchev–Trinajstić information content (AvgIpc) is 2.78. The number of halogens is 3. The van der Waals surface area contributed by atoms with Crippen LogP contribution in [0.2, 0.25) is 10.0 Å². The number of nitrogens with zero attached hydrogens (tertiary/aromatic N) is 2. The molecule has 11 heteroatoms. The number of anilines is 1. The number of nitrogens with two attached hydrogens (primary N) is 1. The molecule has 1 heterocycles. The van der Waals surface area contributed by atoms with E-state index in [1.807, 2.05) is 0 Å². The highest BCUT2D eigenvalue weighted by molar-refractivity contribution is 7.91. The smallest absolute Gasteiger partial charge is 0.263 e. The van der Waals surface area contributed by atoms with E-state index in [1.54, 1.807) is 0 Å². The molecule has 1 aromatic heterocycles. The van der Waals surface area contributed by atoms with Gasteiger partial charge < -0.3 is 5.73 Å². The first-order chi connectivity index (χ1) is 15.5. The first-order valence-corrected chi connectivity index (χ1v) is 11.9. The van der Waals surface area contributed by atoms with Crippen LogP contribution in [-0.2, 0) is 9.84 Å². The number of aromatic nitrogens is 1. The Labute approximate surface area is 199 Å². The van der Waals surface area contributed by atoms with Crippen LogP contribution in [0.1, 0.15) is 27.6 Å². The van der Waals surface area contributed by atoms with Gasteiger partial charge in [-0.15, -0.1) is 0 Å². The third-order valence-electron chi connectivity index (χ3n) is 4.91. The number of benzene rings is 2. The molecule has 0 saturated carbocycles. The van der Waals surface area contributed by atoms with E-state index in [2.05, 4.69) is 4.98 Å². The van der Waals surface area contributed by atoms with Crippen molar-refractivity contribution in [1.82, 2.24) is 4.98 Å². The van der Waals surface area contributed by atoms with E-state index in [0.29, 0.717) is 5.56 Å². The van der Waals surface area contributed by atoms with Crippen molar-refractivity contribution in [2.75, 3.05) is 17.7 Å². The van der Waals surface area contributed by atoms with E-state index < -0.39 is 33.0 Å². The lowest BCUT2D eigenvalue weighted by Crippen LogP contribution is -2.30. The Kier molecular flexibility index (Phi) is 7.06. The van der Waals surface area contributed by atoms with Gasteiger partial charge in [-0.25, -0.2) is 17.8 Å². The molecule has 3 rings (SSSR count). The Morgan fingerprint density at radius 1 is 1.12 bits per heavy atom. The predicted molar refractivity (Wildman–Crippen MR) is 125 cm³/mol. The molecule has 0 saturated heterocycles. The van der Waals surface area contributed by atoms with Crippen LogP contribution in [0.5, 0.6) is 0 Å². The van der Waals surface area contributed by atoms with Crippen LogP contribution in [0.25, 0.3) is 11.1 Å². The van der Waals surface area contributed by atoms with E-state index in [-0.39, 0.29) is 37.6 Å². The second-order valence-electron chi connectivity index (χ2n) is 6.97. The molecule has 0 spiro atoms. The van der Waals surface area contributed by atoms with Crippen LogP contribution in [0.15, 0.2) is 53.6 Å². The van der Waals surface area contributed by atoms with E-state index >= 15 is 0 Å². The van der Waals surface area contributed by atoms with Crippen molar-refractivity contribution in [3.63, 3.8) is 0 Å². The SMILES string of the molecule is CCS(=O)(=O)c1cc(-c2cc(C(N)=O)ccc2Cl)cnc1N(C)C(=O)c1c(F)cccc1Cl. The molecule has 0 atom stereocenters. The zero-order valence-electron chi connectivity index (χ0n) is 17.5.